The summed E-state index contributed by atoms with van der Waals surface area (Å²) in [6, 6.07) is 7.57. The third-order valence-electron chi connectivity index (χ3n) is 2.70. The Morgan fingerprint density at radius 2 is 2.00 bits per heavy atom. The largest absolute Gasteiger partial charge is 0.478 e. The van der Waals surface area contributed by atoms with Crippen LogP contribution < -0.4 is 0 Å². The predicted molar refractivity (Wildman–Crippen MR) is 67.6 cm³/mol. The number of hydrogen-bond acceptors (Lipinski definition) is 3. The second-order valence-corrected chi connectivity index (χ2v) is 5.07. The van der Waals surface area contributed by atoms with Gasteiger partial charge in [-0.15, -0.1) is 0 Å². The van der Waals surface area contributed by atoms with Crippen molar-refractivity contribution in [1.29, 1.82) is 0 Å². The Bertz CT molecular complexity index is 458. The Morgan fingerprint density at radius 1 is 1.35 bits per heavy atom. The summed E-state index contributed by atoms with van der Waals surface area (Å²) in [6.45, 7) is 6.55. The lowest BCUT2D eigenvalue weighted by atomic mass is 10.1. The molecule has 0 bridgehead atoms. The summed E-state index contributed by atoms with van der Waals surface area (Å²) in [5.74, 6) is 0.613. The van der Waals surface area contributed by atoms with Gasteiger partial charge in [0.05, 0.1) is 12.0 Å². The van der Waals surface area contributed by atoms with Gasteiger partial charge in [-0.05, 0) is 20.8 Å². The van der Waals surface area contributed by atoms with E-state index in [1.165, 1.54) is 0 Å². The SMILES string of the molecule is Cc1ccc(C(=O)CC2=NC(C)(C)CO2)cc1. The minimum absolute atomic E-state index is 0.0569. The van der Waals surface area contributed by atoms with Gasteiger partial charge in [-0.25, -0.2) is 4.99 Å². The fourth-order valence-electron chi connectivity index (χ4n) is 1.73. The van der Waals surface area contributed by atoms with Crippen LogP contribution in [0.1, 0.15) is 36.2 Å². The van der Waals surface area contributed by atoms with Gasteiger partial charge in [-0.1, -0.05) is 29.8 Å². The highest BCUT2D eigenvalue weighted by molar-refractivity contribution is 6.07. The van der Waals surface area contributed by atoms with Crippen molar-refractivity contribution < 1.29 is 9.53 Å². The molecule has 1 aliphatic rings. The summed E-state index contributed by atoms with van der Waals surface area (Å²) in [5.41, 5.74) is 1.67. The quantitative estimate of drug-likeness (QED) is 0.750. The number of Topliss-reactive ketones (excluding diaryl/α,β-unsaturated/α-hetero) is 1. The maximum atomic E-state index is 12.0. The number of carbonyl (C=O) groups excluding carboxylic acids is 1. The van der Waals surface area contributed by atoms with Crippen molar-refractivity contribution in [2.45, 2.75) is 32.7 Å². The first-order valence-electron chi connectivity index (χ1n) is 5.78. The molecule has 0 unspecified atom stereocenters. The average molecular weight is 231 g/mol. The topological polar surface area (TPSA) is 38.7 Å². The summed E-state index contributed by atoms with van der Waals surface area (Å²) in [5, 5.41) is 0. The van der Waals surface area contributed by atoms with Crippen molar-refractivity contribution in [3.8, 4) is 0 Å². The van der Waals surface area contributed by atoms with E-state index in [4.69, 9.17) is 4.74 Å². The first kappa shape index (κ1) is 11.8. The molecule has 0 spiro atoms. The third kappa shape index (κ3) is 2.93. The normalized spacial score (nSPS) is 17.5. The van der Waals surface area contributed by atoms with Crippen LogP contribution in [0.3, 0.4) is 0 Å². The van der Waals surface area contributed by atoms with Gasteiger partial charge in [0.1, 0.15) is 6.61 Å². The molecule has 0 radical (unpaired) electrons. The smallest absolute Gasteiger partial charge is 0.191 e. The minimum atomic E-state index is -0.192. The highest BCUT2D eigenvalue weighted by Crippen LogP contribution is 2.19. The van der Waals surface area contributed by atoms with Crippen LogP contribution in [0.2, 0.25) is 0 Å². The molecule has 0 saturated carbocycles. The van der Waals surface area contributed by atoms with E-state index in [9.17, 15) is 4.79 Å². The molecule has 3 heteroatoms. The van der Waals surface area contributed by atoms with Crippen LogP contribution in [0, 0.1) is 6.92 Å². The second-order valence-electron chi connectivity index (χ2n) is 5.07. The Morgan fingerprint density at radius 3 is 2.53 bits per heavy atom. The highest BCUT2D eigenvalue weighted by Gasteiger charge is 2.27. The molecule has 17 heavy (non-hydrogen) atoms. The van der Waals surface area contributed by atoms with E-state index in [2.05, 4.69) is 4.99 Å². The third-order valence-corrected chi connectivity index (χ3v) is 2.70. The number of benzene rings is 1. The zero-order chi connectivity index (χ0) is 12.5. The zero-order valence-electron chi connectivity index (χ0n) is 10.5. The maximum Gasteiger partial charge on any atom is 0.191 e. The molecule has 2 rings (SSSR count). The number of aryl methyl sites for hydroxylation is 1. The number of rotatable bonds is 3. The summed E-state index contributed by atoms with van der Waals surface area (Å²) < 4.78 is 5.41. The fraction of sp³-hybridized carbons (Fsp3) is 0.429. The summed E-state index contributed by atoms with van der Waals surface area (Å²) >= 11 is 0. The van der Waals surface area contributed by atoms with Crippen molar-refractivity contribution in [3.05, 3.63) is 35.4 Å². The van der Waals surface area contributed by atoms with Crippen LogP contribution in [0.25, 0.3) is 0 Å². The van der Waals surface area contributed by atoms with E-state index >= 15 is 0 Å². The van der Waals surface area contributed by atoms with E-state index in [1.54, 1.807) is 0 Å². The van der Waals surface area contributed by atoms with Gasteiger partial charge >= 0.3 is 0 Å². The van der Waals surface area contributed by atoms with Crippen molar-refractivity contribution in [1.82, 2.24) is 0 Å². The molecule has 1 aromatic carbocycles. The maximum absolute atomic E-state index is 12.0. The molecular formula is C14H17NO2. The lowest BCUT2D eigenvalue weighted by Gasteiger charge is -2.07. The highest BCUT2D eigenvalue weighted by atomic mass is 16.5. The first-order valence-corrected chi connectivity index (χ1v) is 5.78. The molecule has 1 aliphatic heterocycles. The molecule has 90 valence electrons. The fourth-order valence-corrected chi connectivity index (χ4v) is 1.73. The summed E-state index contributed by atoms with van der Waals surface area (Å²) in [7, 11) is 0. The van der Waals surface area contributed by atoms with Gasteiger partial charge in [0.25, 0.3) is 0 Å². The number of hydrogen-bond donors (Lipinski definition) is 0. The van der Waals surface area contributed by atoms with E-state index in [-0.39, 0.29) is 17.7 Å². The Hall–Kier alpha value is -1.64. The van der Waals surface area contributed by atoms with Gasteiger partial charge in [-0.2, -0.15) is 0 Å². The van der Waals surface area contributed by atoms with Crippen molar-refractivity contribution in [3.63, 3.8) is 0 Å². The lowest BCUT2D eigenvalue weighted by molar-refractivity contribution is 0.0994. The Balaban J connectivity index is 2.05. The van der Waals surface area contributed by atoms with Crippen LogP contribution in [0.15, 0.2) is 29.3 Å². The van der Waals surface area contributed by atoms with E-state index in [0.29, 0.717) is 18.1 Å². The average Bonchev–Trinajstić information content (AvgIpc) is 2.59. The molecule has 3 nitrogen and oxygen atoms in total. The minimum Gasteiger partial charge on any atom is -0.478 e. The molecule has 0 fully saturated rings. The number of ketones is 1. The number of ether oxygens (including phenoxy) is 1. The van der Waals surface area contributed by atoms with Crippen molar-refractivity contribution in [2.24, 2.45) is 4.99 Å². The summed E-state index contributed by atoms with van der Waals surface area (Å²) in [4.78, 5) is 16.3. The molecule has 0 N–H and O–H groups in total. The molecule has 0 aromatic heterocycles. The Kier molecular flexibility index (Phi) is 3.01. The molecule has 1 aromatic rings. The second kappa shape index (κ2) is 4.32. The lowest BCUT2D eigenvalue weighted by Crippen LogP contribution is -2.17. The standard InChI is InChI=1S/C14H17NO2/c1-10-4-6-11(7-5-10)12(16)8-13-15-14(2,3)9-17-13/h4-7H,8-9H2,1-3H3. The van der Waals surface area contributed by atoms with E-state index < -0.39 is 0 Å². The zero-order valence-corrected chi connectivity index (χ0v) is 10.5. The van der Waals surface area contributed by atoms with Crippen molar-refractivity contribution in [2.75, 3.05) is 6.61 Å². The predicted octanol–water partition coefficient (Wildman–Crippen LogP) is 2.78. The monoisotopic (exact) mass is 231 g/mol. The molecule has 0 aliphatic carbocycles. The molecular weight excluding hydrogens is 214 g/mol. The van der Waals surface area contributed by atoms with Crippen LogP contribution in [-0.2, 0) is 4.74 Å². The molecule has 0 atom stereocenters. The van der Waals surface area contributed by atoms with Gasteiger partial charge in [0.2, 0.25) is 0 Å². The van der Waals surface area contributed by atoms with Crippen molar-refractivity contribution >= 4 is 11.7 Å². The number of aliphatic imine (C=N–C) groups is 1. The Labute approximate surface area is 102 Å². The number of nitrogens with zero attached hydrogens (tertiary/aromatic N) is 1. The van der Waals surface area contributed by atoms with Crippen LogP contribution in [0.4, 0.5) is 0 Å². The van der Waals surface area contributed by atoms with Gasteiger partial charge < -0.3 is 4.74 Å². The van der Waals surface area contributed by atoms with E-state index in [1.807, 2.05) is 45.0 Å². The molecule has 0 amide bonds. The van der Waals surface area contributed by atoms with Crippen LogP contribution in [-0.4, -0.2) is 23.8 Å². The van der Waals surface area contributed by atoms with Crippen LogP contribution in [0.5, 0.6) is 0 Å². The number of carbonyl (C=O) groups is 1. The molecule has 0 saturated heterocycles. The van der Waals surface area contributed by atoms with Crippen LogP contribution >= 0.6 is 0 Å². The van der Waals surface area contributed by atoms with Gasteiger partial charge in [0, 0.05) is 5.56 Å². The van der Waals surface area contributed by atoms with Gasteiger partial charge in [0.15, 0.2) is 11.7 Å². The van der Waals surface area contributed by atoms with E-state index in [0.717, 1.165) is 5.56 Å². The molecule has 1 heterocycles. The first-order chi connectivity index (χ1) is 7.96. The summed E-state index contributed by atoms with van der Waals surface area (Å²) in [6.07, 6.45) is 0.256. The van der Waals surface area contributed by atoms with Gasteiger partial charge in [-0.3, -0.25) is 4.79 Å².